The van der Waals surface area contributed by atoms with E-state index in [1.807, 2.05) is 42.5 Å². The monoisotopic (exact) mass is 404 g/mol. The molecule has 0 atom stereocenters. The SMILES string of the molecule is C=CCN(Cc1cc(OC)ccc1OC)c1ncnc2c1[nH]c1cccc(OC)c12. The van der Waals surface area contributed by atoms with Crippen LogP contribution >= 0.6 is 0 Å². The molecule has 7 heteroatoms. The number of anilines is 1. The van der Waals surface area contributed by atoms with Crippen LogP contribution in [0, 0.1) is 0 Å². The molecule has 2 aromatic carbocycles. The highest BCUT2D eigenvalue weighted by atomic mass is 16.5. The molecule has 2 aromatic heterocycles. The number of hydrogen-bond donors (Lipinski definition) is 1. The first kappa shape index (κ1) is 19.6. The van der Waals surface area contributed by atoms with Crippen molar-refractivity contribution in [3.05, 3.63) is 60.9 Å². The highest BCUT2D eigenvalue weighted by Gasteiger charge is 2.19. The van der Waals surface area contributed by atoms with Gasteiger partial charge in [0.25, 0.3) is 0 Å². The van der Waals surface area contributed by atoms with E-state index in [1.54, 1.807) is 27.7 Å². The summed E-state index contributed by atoms with van der Waals surface area (Å²) in [6, 6.07) is 11.6. The Kier molecular flexibility index (Phi) is 5.43. The number of aromatic nitrogens is 3. The van der Waals surface area contributed by atoms with Crippen molar-refractivity contribution in [1.82, 2.24) is 15.0 Å². The van der Waals surface area contributed by atoms with E-state index >= 15 is 0 Å². The van der Waals surface area contributed by atoms with Gasteiger partial charge in [0, 0.05) is 18.7 Å². The van der Waals surface area contributed by atoms with Crippen LogP contribution in [0.5, 0.6) is 17.2 Å². The van der Waals surface area contributed by atoms with Crippen molar-refractivity contribution in [3.63, 3.8) is 0 Å². The normalized spacial score (nSPS) is 10.9. The fourth-order valence-electron chi connectivity index (χ4n) is 3.70. The zero-order valence-corrected chi connectivity index (χ0v) is 17.3. The van der Waals surface area contributed by atoms with E-state index in [0.29, 0.717) is 13.1 Å². The molecule has 0 bridgehead atoms. The molecule has 0 aliphatic heterocycles. The second-order valence-electron chi connectivity index (χ2n) is 6.78. The molecule has 0 radical (unpaired) electrons. The Morgan fingerprint density at radius 2 is 1.87 bits per heavy atom. The van der Waals surface area contributed by atoms with Gasteiger partial charge in [-0.25, -0.2) is 9.97 Å². The van der Waals surface area contributed by atoms with Gasteiger partial charge in [-0.1, -0.05) is 12.1 Å². The van der Waals surface area contributed by atoms with Gasteiger partial charge in [-0.3, -0.25) is 0 Å². The molecule has 0 amide bonds. The van der Waals surface area contributed by atoms with Gasteiger partial charge in [-0.2, -0.15) is 0 Å². The highest BCUT2D eigenvalue weighted by molar-refractivity contribution is 6.11. The lowest BCUT2D eigenvalue weighted by atomic mass is 10.1. The average Bonchev–Trinajstić information content (AvgIpc) is 3.17. The second kappa shape index (κ2) is 8.32. The summed E-state index contributed by atoms with van der Waals surface area (Å²) in [7, 11) is 4.98. The van der Waals surface area contributed by atoms with Crippen molar-refractivity contribution in [3.8, 4) is 17.2 Å². The molecular formula is C23H24N4O3. The van der Waals surface area contributed by atoms with Gasteiger partial charge in [0.15, 0.2) is 5.82 Å². The van der Waals surface area contributed by atoms with Crippen LogP contribution in [0.25, 0.3) is 21.9 Å². The third kappa shape index (κ3) is 3.39. The molecular weight excluding hydrogens is 380 g/mol. The summed E-state index contributed by atoms with van der Waals surface area (Å²) in [5, 5.41) is 0.941. The first-order chi connectivity index (χ1) is 14.7. The van der Waals surface area contributed by atoms with Crippen LogP contribution in [0.1, 0.15) is 5.56 Å². The topological polar surface area (TPSA) is 72.5 Å². The maximum atomic E-state index is 5.56. The smallest absolute Gasteiger partial charge is 0.157 e. The quantitative estimate of drug-likeness (QED) is 0.441. The van der Waals surface area contributed by atoms with Crippen LogP contribution in [0.3, 0.4) is 0 Å². The number of nitrogens with one attached hydrogen (secondary N) is 1. The molecule has 0 aliphatic rings. The van der Waals surface area contributed by atoms with Gasteiger partial charge in [-0.15, -0.1) is 6.58 Å². The van der Waals surface area contributed by atoms with Crippen LogP contribution in [-0.2, 0) is 6.54 Å². The van der Waals surface area contributed by atoms with Gasteiger partial charge in [0.1, 0.15) is 34.6 Å². The largest absolute Gasteiger partial charge is 0.497 e. The van der Waals surface area contributed by atoms with Crippen molar-refractivity contribution >= 4 is 27.8 Å². The molecule has 0 unspecified atom stereocenters. The minimum atomic E-state index is 0.561. The second-order valence-corrected chi connectivity index (χ2v) is 6.78. The zero-order valence-electron chi connectivity index (χ0n) is 17.3. The minimum absolute atomic E-state index is 0.561. The fourth-order valence-corrected chi connectivity index (χ4v) is 3.70. The molecule has 7 nitrogen and oxygen atoms in total. The van der Waals surface area contributed by atoms with Gasteiger partial charge in [0.05, 0.1) is 32.2 Å². The van der Waals surface area contributed by atoms with Crippen LogP contribution < -0.4 is 19.1 Å². The summed E-state index contributed by atoms with van der Waals surface area (Å²) >= 11 is 0. The summed E-state index contributed by atoms with van der Waals surface area (Å²) in [6.07, 6.45) is 3.43. The predicted octanol–water partition coefficient (Wildman–Crippen LogP) is 4.33. The number of rotatable bonds is 8. The Morgan fingerprint density at radius 3 is 2.60 bits per heavy atom. The lowest BCUT2D eigenvalue weighted by Gasteiger charge is -2.24. The molecule has 154 valence electrons. The lowest BCUT2D eigenvalue weighted by Crippen LogP contribution is -2.24. The molecule has 4 rings (SSSR count). The Labute approximate surface area is 174 Å². The third-order valence-corrected chi connectivity index (χ3v) is 5.07. The third-order valence-electron chi connectivity index (χ3n) is 5.07. The number of benzene rings is 2. The average molecular weight is 404 g/mol. The molecule has 4 aromatic rings. The maximum absolute atomic E-state index is 5.56. The summed E-state index contributed by atoms with van der Waals surface area (Å²) in [5.74, 6) is 3.11. The van der Waals surface area contributed by atoms with Crippen LogP contribution in [-0.4, -0.2) is 42.8 Å². The zero-order chi connectivity index (χ0) is 21.1. The van der Waals surface area contributed by atoms with E-state index in [9.17, 15) is 0 Å². The summed E-state index contributed by atoms with van der Waals surface area (Å²) in [6.45, 7) is 5.08. The molecule has 0 aliphatic carbocycles. The van der Waals surface area contributed by atoms with Crippen molar-refractivity contribution in [2.75, 3.05) is 32.8 Å². The van der Waals surface area contributed by atoms with Crippen molar-refractivity contribution in [2.45, 2.75) is 6.54 Å². The van der Waals surface area contributed by atoms with Crippen molar-refractivity contribution < 1.29 is 14.2 Å². The number of aromatic amines is 1. The van der Waals surface area contributed by atoms with Crippen LogP contribution in [0.15, 0.2) is 55.4 Å². The molecule has 30 heavy (non-hydrogen) atoms. The molecule has 0 fully saturated rings. The maximum Gasteiger partial charge on any atom is 0.157 e. The van der Waals surface area contributed by atoms with E-state index in [2.05, 4.69) is 26.4 Å². The van der Waals surface area contributed by atoms with Crippen molar-refractivity contribution in [2.24, 2.45) is 0 Å². The van der Waals surface area contributed by atoms with E-state index in [4.69, 9.17) is 14.2 Å². The number of methoxy groups -OCH3 is 3. The van der Waals surface area contributed by atoms with E-state index in [0.717, 1.165) is 50.6 Å². The van der Waals surface area contributed by atoms with E-state index < -0.39 is 0 Å². The Bertz CT molecular complexity index is 1200. The number of H-pyrrole nitrogens is 1. The Morgan fingerprint density at radius 1 is 1.03 bits per heavy atom. The molecule has 0 spiro atoms. The highest BCUT2D eigenvalue weighted by Crippen LogP contribution is 2.35. The number of nitrogens with zero attached hydrogens (tertiary/aromatic N) is 3. The number of fused-ring (bicyclic) bond motifs is 3. The van der Waals surface area contributed by atoms with E-state index in [1.165, 1.54) is 0 Å². The van der Waals surface area contributed by atoms with E-state index in [-0.39, 0.29) is 0 Å². The standard InChI is InChI=1S/C23H24N4O3/c1-5-11-27(13-15-12-16(28-2)9-10-18(15)29-3)23-22-21(24-14-25-23)20-17(26-22)7-6-8-19(20)30-4/h5-10,12,14,26H,1,11,13H2,2-4H3. The minimum Gasteiger partial charge on any atom is -0.497 e. The Balaban J connectivity index is 1.85. The van der Waals surface area contributed by atoms with Gasteiger partial charge in [-0.05, 0) is 30.3 Å². The molecule has 1 N–H and O–H groups in total. The number of ether oxygens (including phenoxy) is 3. The van der Waals surface area contributed by atoms with Gasteiger partial charge >= 0.3 is 0 Å². The summed E-state index contributed by atoms with van der Waals surface area (Å²) in [5.41, 5.74) is 3.60. The summed E-state index contributed by atoms with van der Waals surface area (Å²) < 4.78 is 16.5. The predicted molar refractivity (Wildman–Crippen MR) is 119 cm³/mol. The molecule has 0 saturated heterocycles. The van der Waals surface area contributed by atoms with Gasteiger partial charge < -0.3 is 24.1 Å². The van der Waals surface area contributed by atoms with Gasteiger partial charge in [0.2, 0.25) is 0 Å². The van der Waals surface area contributed by atoms with Crippen LogP contribution in [0.2, 0.25) is 0 Å². The summed E-state index contributed by atoms with van der Waals surface area (Å²) in [4.78, 5) is 14.7. The molecule has 2 heterocycles. The van der Waals surface area contributed by atoms with Crippen LogP contribution in [0.4, 0.5) is 5.82 Å². The first-order valence-corrected chi connectivity index (χ1v) is 9.56. The lowest BCUT2D eigenvalue weighted by molar-refractivity contribution is 0.398. The number of hydrogen-bond acceptors (Lipinski definition) is 6. The Hall–Kier alpha value is -3.74. The van der Waals surface area contributed by atoms with Crippen molar-refractivity contribution in [1.29, 1.82) is 0 Å². The fraction of sp³-hybridized carbons (Fsp3) is 0.217. The molecule has 0 saturated carbocycles. The first-order valence-electron chi connectivity index (χ1n) is 9.56.